The van der Waals surface area contributed by atoms with Gasteiger partial charge in [-0.2, -0.15) is 0 Å². The molecule has 0 fully saturated rings. The van der Waals surface area contributed by atoms with Gasteiger partial charge >= 0.3 is 0 Å². The van der Waals surface area contributed by atoms with Crippen molar-refractivity contribution in [2.45, 2.75) is 92.9 Å². The minimum absolute atomic E-state index is 1.05. The summed E-state index contributed by atoms with van der Waals surface area (Å²) in [5.74, 6) is 0. The van der Waals surface area contributed by atoms with Crippen LogP contribution in [0.1, 0.15) is 86.8 Å². The molecule has 0 N–H and O–H groups in total. The second kappa shape index (κ2) is 14.7. The Morgan fingerprint density at radius 2 is 0.705 bits per heavy atom. The van der Waals surface area contributed by atoms with Crippen molar-refractivity contribution in [2.24, 2.45) is 0 Å². The summed E-state index contributed by atoms with van der Waals surface area (Å²) < 4.78 is 0. The van der Waals surface area contributed by atoms with Gasteiger partial charge in [-0.1, -0.05) is 149 Å². The third-order valence-corrected chi connectivity index (χ3v) is 9.23. The Morgan fingerprint density at radius 3 is 1.02 bits per heavy atom. The molecule has 0 heterocycles. The summed E-state index contributed by atoms with van der Waals surface area (Å²) in [5, 5.41) is 0. The fourth-order valence-corrected chi connectivity index (χ4v) is 6.63. The fraction of sp³-hybridized carbons (Fsp3) is 0.318. The van der Waals surface area contributed by atoms with E-state index in [0.717, 1.165) is 25.7 Å². The molecular weight excluding hydrogens is 528 g/mol. The Balaban J connectivity index is 1.55. The van der Waals surface area contributed by atoms with E-state index in [9.17, 15) is 0 Å². The van der Waals surface area contributed by atoms with Crippen molar-refractivity contribution < 1.29 is 0 Å². The van der Waals surface area contributed by atoms with Gasteiger partial charge in [-0.3, -0.25) is 0 Å². The molecule has 0 aliphatic carbocycles. The number of rotatable bonds is 12. The van der Waals surface area contributed by atoms with E-state index in [2.05, 4.69) is 139 Å². The Bertz CT molecular complexity index is 1550. The SMILES string of the molecule is CCCCc1cc(-c2ccc(-c3ccc(C)cc3CC)cc2)c(CCCC)cc1-c1ccc(-c2ccc(C)cc2CC)cc1. The molecule has 5 aromatic carbocycles. The van der Waals surface area contributed by atoms with Crippen LogP contribution in [0.5, 0.6) is 0 Å². The first-order valence-electron chi connectivity index (χ1n) is 17.0. The Morgan fingerprint density at radius 1 is 0.364 bits per heavy atom. The average Bonchev–Trinajstić information content (AvgIpc) is 3.06. The van der Waals surface area contributed by atoms with Crippen LogP contribution in [-0.4, -0.2) is 0 Å². The summed E-state index contributed by atoms with van der Waals surface area (Å²) in [7, 11) is 0. The van der Waals surface area contributed by atoms with Crippen LogP contribution in [0.25, 0.3) is 44.5 Å². The molecule has 0 heteroatoms. The van der Waals surface area contributed by atoms with Crippen LogP contribution in [0.2, 0.25) is 0 Å². The summed E-state index contributed by atoms with van der Waals surface area (Å²) in [4.78, 5) is 0. The summed E-state index contributed by atoms with van der Waals surface area (Å²) in [6, 6.07) is 37.5. The molecule has 0 radical (unpaired) electrons. The molecule has 0 aromatic heterocycles. The predicted octanol–water partition coefficient (Wildman–Crippen LogP) is 12.8. The van der Waals surface area contributed by atoms with Crippen molar-refractivity contribution in [3.05, 3.63) is 130 Å². The zero-order chi connectivity index (χ0) is 31.1. The molecule has 0 unspecified atom stereocenters. The van der Waals surface area contributed by atoms with Crippen molar-refractivity contribution in [2.75, 3.05) is 0 Å². The van der Waals surface area contributed by atoms with Crippen LogP contribution >= 0.6 is 0 Å². The van der Waals surface area contributed by atoms with Gasteiger partial charge in [0.15, 0.2) is 0 Å². The maximum atomic E-state index is 2.53. The summed E-state index contributed by atoms with van der Waals surface area (Å²) >= 11 is 0. The molecule has 0 amide bonds. The normalized spacial score (nSPS) is 11.2. The number of benzene rings is 5. The van der Waals surface area contributed by atoms with Crippen LogP contribution in [0, 0.1) is 13.8 Å². The zero-order valence-corrected chi connectivity index (χ0v) is 27.9. The van der Waals surface area contributed by atoms with E-state index in [1.165, 1.54) is 104 Å². The van der Waals surface area contributed by atoms with E-state index < -0.39 is 0 Å². The van der Waals surface area contributed by atoms with Gasteiger partial charge in [-0.05, 0) is 119 Å². The van der Waals surface area contributed by atoms with Crippen LogP contribution in [0.4, 0.5) is 0 Å². The number of hydrogen-bond donors (Lipinski definition) is 0. The largest absolute Gasteiger partial charge is 0.0654 e. The van der Waals surface area contributed by atoms with Gasteiger partial charge in [0.25, 0.3) is 0 Å². The van der Waals surface area contributed by atoms with Crippen molar-refractivity contribution >= 4 is 0 Å². The van der Waals surface area contributed by atoms with Gasteiger partial charge in [-0.15, -0.1) is 0 Å². The maximum absolute atomic E-state index is 2.53. The smallest absolute Gasteiger partial charge is 0.0149 e. The van der Waals surface area contributed by atoms with E-state index in [4.69, 9.17) is 0 Å². The molecule has 0 atom stereocenters. The van der Waals surface area contributed by atoms with Crippen molar-refractivity contribution in [3.8, 4) is 44.5 Å². The lowest BCUT2D eigenvalue weighted by atomic mass is 9.86. The monoisotopic (exact) mass is 578 g/mol. The molecule has 0 aliphatic rings. The molecule has 44 heavy (non-hydrogen) atoms. The van der Waals surface area contributed by atoms with Crippen molar-refractivity contribution in [1.29, 1.82) is 0 Å². The first kappa shape index (κ1) is 31.5. The lowest BCUT2D eigenvalue weighted by Crippen LogP contribution is -1.98. The minimum Gasteiger partial charge on any atom is -0.0654 e. The molecule has 0 saturated heterocycles. The summed E-state index contributed by atoms with van der Waals surface area (Å²) in [6.07, 6.45) is 9.11. The molecule has 0 aliphatic heterocycles. The van der Waals surface area contributed by atoms with Gasteiger partial charge in [0.05, 0.1) is 0 Å². The summed E-state index contributed by atoms with van der Waals surface area (Å²) in [6.45, 7) is 13.5. The summed E-state index contributed by atoms with van der Waals surface area (Å²) in [5.41, 5.74) is 19.2. The molecule has 226 valence electrons. The average molecular weight is 579 g/mol. The highest BCUT2D eigenvalue weighted by atomic mass is 14.2. The molecule has 0 saturated carbocycles. The zero-order valence-electron chi connectivity index (χ0n) is 27.9. The van der Waals surface area contributed by atoms with Gasteiger partial charge in [0.2, 0.25) is 0 Å². The minimum atomic E-state index is 1.05. The first-order chi connectivity index (χ1) is 21.4. The molecule has 0 nitrogen and oxygen atoms in total. The van der Waals surface area contributed by atoms with Crippen molar-refractivity contribution in [3.63, 3.8) is 0 Å². The first-order valence-corrected chi connectivity index (χ1v) is 17.0. The van der Waals surface area contributed by atoms with E-state index in [1.807, 2.05) is 0 Å². The van der Waals surface area contributed by atoms with Gasteiger partial charge in [-0.25, -0.2) is 0 Å². The van der Waals surface area contributed by atoms with E-state index in [0.29, 0.717) is 0 Å². The Labute approximate surface area is 267 Å². The van der Waals surface area contributed by atoms with E-state index in [1.54, 1.807) is 0 Å². The van der Waals surface area contributed by atoms with Gasteiger partial charge < -0.3 is 0 Å². The molecule has 0 bridgehead atoms. The topological polar surface area (TPSA) is 0 Å². The van der Waals surface area contributed by atoms with E-state index in [-0.39, 0.29) is 0 Å². The predicted molar refractivity (Wildman–Crippen MR) is 194 cm³/mol. The number of hydrogen-bond acceptors (Lipinski definition) is 0. The molecular formula is C44H50. The Hall–Kier alpha value is -3.90. The number of aryl methyl sites for hydroxylation is 6. The lowest BCUT2D eigenvalue weighted by molar-refractivity contribution is 0.788. The van der Waals surface area contributed by atoms with Crippen LogP contribution in [-0.2, 0) is 25.7 Å². The highest BCUT2D eigenvalue weighted by molar-refractivity contribution is 5.80. The maximum Gasteiger partial charge on any atom is -0.0149 e. The van der Waals surface area contributed by atoms with Crippen molar-refractivity contribution in [1.82, 2.24) is 0 Å². The third-order valence-electron chi connectivity index (χ3n) is 9.23. The van der Waals surface area contributed by atoms with Crippen LogP contribution in [0.3, 0.4) is 0 Å². The quantitative estimate of drug-likeness (QED) is 0.138. The second-order valence-corrected chi connectivity index (χ2v) is 12.6. The number of unbranched alkanes of at least 4 members (excludes halogenated alkanes) is 2. The van der Waals surface area contributed by atoms with E-state index >= 15 is 0 Å². The molecule has 5 rings (SSSR count). The van der Waals surface area contributed by atoms with Gasteiger partial charge in [0.1, 0.15) is 0 Å². The van der Waals surface area contributed by atoms with Crippen LogP contribution < -0.4 is 0 Å². The highest BCUT2D eigenvalue weighted by Crippen LogP contribution is 2.37. The molecule has 0 spiro atoms. The second-order valence-electron chi connectivity index (χ2n) is 12.6. The van der Waals surface area contributed by atoms with Gasteiger partial charge in [0, 0.05) is 0 Å². The molecule has 5 aromatic rings. The van der Waals surface area contributed by atoms with Crippen LogP contribution in [0.15, 0.2) is 97.1 Å². The third kappa shape index (κ3) is 7.07. The highest BCUT2D eigenvalue weighted by Gasteiger charge is 2.15. The lowest BCUT2D eigenvalue weighted by Gasteiger charge is -2.19. The Kier molecular flexibility index (Phi) is 10.5. The fourth-order valence-electron chi connectivity index (χ4n) is 6.63. The standard InChI is InChI=1S/C44H50/c1-7-11-13-39-29-44(38-23-19-36(20-24-38)42-26-16-32(6)28-34(42)10-4)40(14-12-8-2)30-43(39)37-21-17-35(18-22-37)41-25-15-31(5)27-33(41)9-3/h15-30H,7-14H2,1-6H3.